The number of hydrogen-bond donors (Lipinski definition) is 2. The molecule has 1 heterocycles. The normalized spacial score (nSPS) is 10.4. The zero-order valence-electron chi connectivity index (χ0n) is 11.5. The second-order valence-electron chi connectivity index (χ2n) is 4.41. The van der Waals surface area contributed by atoms with Crippen LogP contribution in [0.2, 0.25) is 0 Å². The van der Waals surface area contributed by atoms with Crippen LogP contribution < -0.4 is 16.0 Å². The van der Waals surface area contributed by atoms with Crippen molar-refractivity contribution in [3.63, 3.8) is 0 Å². The molecule has 1 aromatic heterocycles. The molecular weight excluding hydrogens is 259 g/mol. The third-order valence-electron chi connectivity index (χ3n) is 2.89. The van der Waals surface area contributed by atoms with Crippen molar-refractivity contribution < 1.29 is 9.13 Å². The number of nitrogen functional groups attached to an aromatic ring is 1. The van der Waals surface area contributed by atoms with E-state index in [-0.39, 0.29) is 5.82 Å². The van der Waals surface area contributed by atoms with Gasteiger partial charge in [-0.25, -0.2) is 20.2 Å². The highest BCUT2D eigenvalue weighted by atomic mass is 19.1. The van der Waals surface area contributed by atoms with Gasteiger partial charge in [-0.2, -0.15) is 0 Å². The molecule has 0 saturated heterocycles. The highest BCUT2D eigenvalue weighted by Gasteiger charge is 2.13. The largest absolute Gasteiger partial charge is 0.438 e. The molecule has 2 aromatic rings. The number of nitrogens with zero attached hydrogens (tertiary/aromatic N) is 2. The number of benzene rings is 1. The molecule has 0 bridgehead atoms. The van der Waals surface area contributed by atoms with Gasteiger partial charge in [-0.05, 0) is 37.1 Å². The number of anilines is 1. The third-order valence-corrected chi connectivity index (χ3v) is 2.89. The van der Waals surface area contributed by atoms with E-state index in [0.29, 0.717) is 23.0 Å². The lowest BCUT2D eigenvalue weighted by atomic mass is 10.1. The van der Waals surface area contributed by atoms with Crippen LogP contribution in [0.15, 0.2) is 24.5 Å². The van der Waals surface area contributed by atoms with Crippen LogP contribution in [0.1, 0.15) is 24.5 Å². The van der Waals surface area contributed by atoms with E-state index in [1.54, 1.807) is 13.0 Å². The van der Waals surface area contributed by atoms with Gasteiger partial charge in [0.1, 0.15) is 23.7 Å². The number of hydrogen-bond acceptors (Lipinski definition) is 5. The lowest BCUT2D eigenvalue weighted by molar-refractivity contribution is 0.449. The van der Waals surface area contributed by atoms with Crippen molar-refractivity contribution in [1.82, 2.24) is 9.97 Å². The molecule has 0 radical (unpaired) electrons. The average Bonchev–Trinajstić information content (AvgIpc) is 2.43. The molecule has 106 valence electrons. The maximum Gasteiger partial charge on any atom is 0.227 e. The first-order valence-electron chi connectivity index (χ1n) is 6.40. The monoisotopic (exact) mass is 276 g/mol. The molecule has 0 fully saturated rings. The Labute approximate surface area is 117 Å². The summed E-state index contributed by atoms with van der Waals surface area (Å²) >= 11 is 0. The van der Waals surface area contributed by atoms with Gasteiger partial charge in [-0.3, -0.25) is 0 Å². The van der Waals surface area contributed by atoms with Crippen molar-refractivity contribution in [3.05, 3.63) is 41.5 Å². The predicted molar refractivity (Wildman–Crippen MR) is 75.0 cm³/mol. The van der Waals surface area contributed by atoms with E-state index in [0.717, 1.165) is 18.4 Å². The zero-order chi connectivity index (χ0) is 14.5. The van der Waals surface area contributed by atoms with Crippen molar-refractivity contribution in [1.29, 1.82) is 0 Å². The molecule has 0 aliphatic carbocycles. The van der Waals surface area contributed by atoms with Gasteiger partial charge in [0.05, 0.1) is 5.56 Å². The Balaban J connectivity index is 2.37. The van der Waals surface area contributed by atoms with E-state index >= 15 is 0 Å². The van der Waals surface area contributed by atoms with E-state index in [1.807, 2.05) is 6.92 Å². The summed E-state index contributed by atoms with van der Waals surface area (Å²) in [6, 6.07) is 4.35. The summed E-state index contributed by atoms with van der Waals surface area (Å²) in [4.78, 5) is 8.21. The standard InChI is InChI=1S/C14H17FN4O/c1-3-4-11-13(19-16)17-8-18-14(11)20-12-6-5-10(15)7-9(12)2/h5-8H,3-4,16H2,1-2H3,(H,17,18,19). The molecule has 5 nitrogen and oxygen atoms in total. The average molecular weight is 276 g/mol. The van der Waals surface area contributed by atoms with Crippen molar-refractivity contribution in [2.75, 3.05) is 5.43 Å². The van der Waals surface area contributed by atoms with Crippen LogP contribution in [0.5, 0.6) is 11.6 Å². The van der Waals surface area contributed by atoms with Gasteiger partial charge in [0.2, 0.25) is 5.88 Å². The minimum absolute atomic E-state index is 0.296. The van der Waals surface area contributed by atoms with Crippen LogP contribution in [-0.2, 0) is 6.42 Å². The van der Waals surface area contributed by atoms with E-state index < -0.39 is 0 Å². The molecular formula is C14H17FN4O. The van der Waals surface area contributed by atoms with Crippen LogP contribution >= 0.6 is 0 Å². The Morgan fingerprint density at radius 1 is 1.35 bits per heavy atom. The lowest BCUT2D eigenvalue weighted by Crippen LogP contribution is -2.12. The molecule has 20 heavy (non-hydrogen) atoms. The number of aromatic nitrogens is 2. The molecule has 0 aliphatic heterocycles. The molecule has 0 atom stereocenters. The van der Waals surface area contributed by atoms with Gasteiger partial charge in [0, 0.05) is 0 Å². The number of rotatable bonds is 5. The fraction of sp³-hybridized carbons (Fsp3) is 0.286. The smallest absolute Gasteiger partial charge is 0.227 e. The number of aryl methyl sites for hydroxylation is 1. The van der Waals surface area contributed by atoms with E-state index in [2.05, 4.69) is 15.4 Å². The molecule has 3 N–H and O–H groups in total. The van der Waals surface area contributed by atoms with Crippen molar-refractivity contribution >= 4 is 5.82 Å². The minimum atomic E-state index is -0.296. The van der Waals surface area contributed by atoms with Crippen LogP contribution in [0.4, 0.5) is 10.2 Å². The first kappa shape index (κ1) is 14.2. The van der Waals surface area contributed by atoms with Crippen LogP contribution in [0, 0.1) is 12.7 Å². The molecule has 0 spiro atoms. The summed E-state index contributed by atoms with van der Waals surface area (Å²) in [5, 5.41) is 0. The maximum atomic E-state index is 13.1. The Bertz CT molecular complexity index is 604. The zero-order valence-corrected chi connectivity index (χ0v) is 11.5. The highest BCUT2D eigenvalue weighted by Crippen LogP contribution is 2.29. The molecule has 6 heteroatoms. The summed E-state index contributed by atoms with van der Waals surface area (Å²) in [7, 11) is 0. The maximum absolute atomic E-state index is 13.1. The van der Waals surface area contributed by atoms with Gasteiger partial charge in [0.25, 0.3) is 0 Å². The van der Waals surface area contributed by atoms with Crippen molar-refractivity contribution in [2.45, 2.75) is 26.7 Å². The molecule has 0 aliphatic rings. The van der Waals surface area contributed by atoms with Gasteiger partial charge in [-0.15, -0.1) is 0 Å². The second kappa shape index (κ2) is 6.29. The summed E-state index contributed by atoms with van der Waals surface area (Å²) in [5.41, 5.74) is 4.05. The summed E-state index contributed by atoms with van der Waals surface area (Å²) in [6.07, 6.45) is 3.01. The number of hydrazine groups is 1. The fourth-order valence-electron chi connectivity index (χ4n) is 1.92. The molecule has 2 rings (SSSR count). The van der Waals surface area contributed by atoms with E-state index in [1.165, 1.54) is 18.5 Å². The van der Waals surface area contributed by atoms with Gasteiger partial charge in [0.15, 0.2) is 0 Å². The summed E-state index contributed by atoms with van der Waals surface area (Å²) < 4.78 is 18.9. The van der Waals surface area contributed by atoms with Crippen LogP contribution in [0.25, 0.3) is 0 Å². The van der Waals surface area contributed by atoms with Crippen LogP contribution in [-0.4, -0.2) is 9.97 Å². The minimum Gasteiger partial charge on any atom is -0.438 e. The van der Waals surface area contributed by atoms with Gasteiger partial charge in [-0.1, -0.05) is 13.3 Å². The number of halogens is 1. The third kappa shape index (κ3) is 3.03. The summed E-state index contributed by atoms with van der Waals surface area (Å²) in [6.45, 7) is 3.82. The molecule has 0 saturated carbocycles. The Morgan fingerprint density at radius 3 is 2.80 bits per heavy atom. The lowest BCUT2D eigenvalue weighted by Gasteiger charge is -2.13. The number of ether oxygens (including phenoxy) is 1. The number of nitrogens with two attached hydrogens (primary N) is 1. The highest BCUT2D eigenvalue weighted by molar-refractivity contribution is 5.49. The number of nitrogens with one attached hydrogen (secondary N) is 1. The van der Waals surface area contributed by atoms with Gasteiger partial charge < -0.3 is 10.2 Å². The van der Waals surface area contributed by atoms with E-state index in [9.17, 15) is 4.39 Å². The Hall–Kier alpha value is -2.21. The molecule has 1 aromatic carbocycles. The first-order valence-corrected chi connectivity index (χ1v) is 6.40. The molecule has 0 amide bonds. The SMILES string of the molecule is CCCc1c(NN)ncnc1Oc1ccc(F)cc1C. The topological polar surface area (TPSA) is 73.1 Å². The van der Waals surface area contributed by atoms with E-state index in [4.69, 9.17) is 10.6 Å². The summed E-state index contributed by atoms with van der Waals surface area (Å²) in [5.74, 6) is 6.69. The quantitative estimate of drug-likeness (QED) is 0.649. The Kier molecular flexibility index (Phi) is 4.47. The fourth-order valence-corrected chi connectivity index (χ4v) is 1.92. The predicted octanol–water partition coefficient (Wildman–Crippen LogP) is 2.95. The molecule has 0 unspecified atom stereocenters. The Morgan fingerprint density at radius 2 is 2.15 bits per heavy atom. The van der Waals surface area contributed by atoms with Crippen molar-refractivity contribution in [3.8, 4) is 11.6 Å². The second-order valence-corrected chi connectivity index (χ2v) is 4.41. The van der Waals surface area contributed by atoms with Crippen molar-refractivity contribution in [2.24, 2.45) is 5.84 Å². The first-order chi connectivity index (χ1) is 9.65. The van der Waals surface area contributed by atoms with Gasteiger partial charge >= 0.3 is 0 Å². The van der Waals surface area contributed by atoms with Crippen LogP contribution in [0.3, 0.4) is 0 Å².